The van der Waals surface area contributed by atoms with Gasteiger partial charge in [0.2, 0.25) is 5.95 Å². The van der Waals surface area contributed by atoms with Gasteiger partial charge in [-0.3, -0.25) is 0 Å². The number of anilines is 4. The van der Waals surface area contributed by atoms with Gasteiger partial charge in [0.25, 0.3) is 0 Å². The van der Waals surface area contributed by atoms with E-state index in [9.17, 15) is 4.79 Å². The lowest BCUT2D eigenvalue weighted by Gasteiger charge is -2.19. The molecule has 3 aromatic rings. The van der Waals surface area contributed by atoms with Crippen molar-refractivity contribution in [1.29, 1.82) is 0 Å². The average molecular weight is 376 g/mol. The highest BCUT2D eigenvalue weighted by Crippen LogP contribution is 2.25. The largest absolute Gasteiger partial charge is 0.465 e. The Hall–Kier alpha value is -3.41. The number of esters is 1. The highest BCUT2D eigenvalue weighted by molar-refractivity contribution is 5.89. The van der Waals surface area contributed by atoms with Crippen LogP contribution in [0.2, 0.25) is 0 Å². The molecule has 0 spiro atoms. The zero-order valence-electron chi connectivity index (χ0n) is 16.5. The molecule has 2 aromatic carbocycles. The normalized spacial score (nSPS) is 11.0. The van der Waals surface area contributed by atoms with E-state index in [-0.39, 0.29) is 11.4 Å². The third-order valence-corrected chi connectivity index (χ3v) is 4.24. The molecule has 0 aliphatic rings. The van der Waals surface area contributed by atoms with Crippen molar-refractivity contribution in [3.8, 4) is 0 Å². The Kier molecular flexibility index (Phi) is 5.59. The average Bonchev–Trinajstić information content (AvgIpc) is 2.68. The molecule has 0 radical (unpaired) electrons. The van der Waals surface area contributed by atoms with Gasteiger partial charge in [-0.2, -0.15) is 4.98 Å². The van der Waals surface area contributed by atoms with E-state index in [1.807, 2.05) is 18.2 Å². The lowest BCUT2D eigenvalue weighted by atomic mass is 9.87. The maximum atomic E-state index is 11.5. The van der Waals surface area contributed by atoms with Gasteiger partial charge in [0.1, 0.15) is 5.82 Å². The number of methoxy groups -OCH3 is 1. The Morgan fingerprint density at radius 2 is 1.50 bits per heavy atom. The summed E-state index contributed by atoms with van der Waals surface area (Å²) in [6, 6.07) is 17.1. The number of nitrogens with zero attached hydrogens (tertiary/aromatic N) is 2. The molecule has 3 rings (SSSR count). The van der Waals surface area contributed by atoms with E-state index in [0.29, 0.717) is 17.3 Å². The molecule has 6 heteroatoms. The number of rotatable bonds is 5. The summed E-state index contributed by atoms with van der Waals surface area (Å²) in [5.41, 5.74) is 3.62. The number of hydrogen-bond donors (Lipinski definition) is 2. The van der Waals surface area contributed by atoms with Crippen LogP contribution in [0.3, 0.4) is 0 Å². The highest BCUT2D eigenvalue weighted by Gasteiger charge is 2.13. The first-order valence-electron chi connectivity index (χ1n) is 9.01. The molecule has 0 fully saturated rings. The number of hydrogen-bond acceptors (Lipinski definition) is 6. The van der Waals surface area contributed by atoms with Crippen molar-refractivity contribution in [3.05, 3.63) is 71.9 Å². The van der Waals surface area contributed by atoms with E-state index in [1.54, 1.807) is 30.5 Å². The minimum Gasteiger partial charge on any atom is -0.465 e. The van der Waals surface area contributed by atoms with E-state index in [0.717, 1.165) is 11.4 Å². The fourth-order valence-electron chi connectivity index (χ4n) is 2.63. The Morgan fingerprint density at radius 3 is 2.11 bits per heavy atom. The molecule has 0 saturated heterocycles. The van der Waals surface area contributed by atoms with Crippen LogP contribution in [0.25, 0.3) is 0 Å². The Bertz CT molecular complexity index is 946. The first kappa shape index (κ1) is 19.4. The zero-order valence-corrected chi connectivity index (χ0v) is 16.5. The lowest BCUT2D eigenvalue weighted by Crippen LogP contribution is -2.10. The Labute approximate surface area is 165 Å². The summed E-state index contributed by atoms with van der Waals surface area (Å²) < 4.78 is 4.70. The van der Waals surface area contributed by atoms with Gasteiger partial charge in [-0.15, -0.1) is 0 Å². The molecule has 0 amide bonds. The smallest absolute Gasteiger partial charge is 0.337 e. The number of ether oxygens (including phenoxy) is 1. The third-order valence-electron chi connectivity index (χ3n) is 4.24. The molecule has 0 aliphatic carbocycles. The summed E-state index contributed by atoms with van der Waals surface area (Å²) in [6.45, 7) is 6.57. The second kappa shape index (κ2) is 8.08. The molecule has 6 nitrogen and oxygen atoms in total. The van der Waals surface area contributed by atoms with Gasteiger partial charge < -0.3 is 15.4 Å². The Balaban J connectivity index is 1.69. The predicted molar refractivity (Wildman–Crippen MR) is 112 cm³/mol. The molecule has 0 saturated carbocycles. The number of benzene rings is 2. The predicted octanol–water partition coefficient (Wildman–Crippen LogP) is 5.05. The number of carbonyl (C=O) groups excluding carboxylic acids is 1. The molecule has 1 heterocycles. The van der Waals surface area contributed by atoms with Crippen molar-refractivity contribution >= 4 is 29.1 Å². The van der Waals surface area contributed by atoms with Crippen molar-refractivity contribution in [3.63, 3.8) is 0 Å². The van der Waals surface area contributed by atoms with Gasteiger partial charge in [0.05, 0.1) is 12.7 Å². The van der Waals surface area contributed by atoms with Crippen LogP contribution in [0.4, 0.5) is 23.1 Å². The van der Waals surface area contributed by atoms with Crippen LogP contribution in [-0.2, 0) is 10.2 Å². The van der Waals surface area contributed by atoms with Crippen LogP contribution < -0.4 is 10.6 Å². The molecule has 28 heavy (non-hydrogen) atoms. The van der Waals surface area contributed by atoms with Crippen molar-refractivity contribution in [2.24, 2.45) is 0 Å². The molecule has 0 bridgehead atoms. The molecular formula is C22H24N4O2. The summed E-state index contributed by atoms with van der Waals surface area (Å²) in [4.78, 5) is 20.2. The SMILES string of the molecule is COC(=O)c1ccc(Nc2nccc(Nc3ccc(C(C)(C)C)cc3)n2)cc1. The summed E-state index contributed by atoms with van der Waals surface area (Å²) in [5, 5.41) is 6.42. The van der Waals surface area contributed by atoms with E-state index in [4.69, 9.17) is 4.74 Å². The standard InChI is InChI=1S/C22H24N4O2/c1-22(2,3)16-7-11-17(12-8-16)24-19-13-14-23-21(26-19)25-18-9-5-15(6-10-18)20(27)28-4/h5-14H,1-4H3,(H2,23,24,25,26). The van der Waals surface area contributed by atoms with Gasteiger partial charge in [0.15, 0.2) is 0 Å². The molecule has 1 aromatic heterocycles. The number of nitrogens with one attached hydrogen (secondary N) is 2. The minimum atomic E-state index is -0.369. The fraction of sp³-hybridized carbons (Fsp3) is 0.227. The first-order valence-corrected chi connectivity index (χ1v) is 9.01. The minimum absolute atomic E-state index is 0.119. The Morgan fingerprint density at radius 1 is 0.893 bits per heavy atom. The highest BCUT2D eigenvalue weighted by atomic mass is 16.5. The van der Waals surface area contributed by atoms with Crippen molar-refractivity contribution < 1.29 is 9.53 Å². The van der Waals surface area contributed by atoms with Crippen LogP contribution in [0, 0.1) is 0 Å². The molecule has 2 N–H and O–H groups in total. The van der Waals surface area contributed by atoms with Crippen molar-refractivity contribution in [2.75, 3.05) is 17.7 Å². The second-order valence-corrected chi connectivity index (χ2v) is 7.41. The first-order chi connectivity index (χ1) is 13.3. The van der Waals surface area contributed by atoms with Crippen LogP contribution in [0.5, 0.6) is 0 Å². The topological polar surface area (TPSA) is 76.1 Å². The van der Waals surface area contributed by atoms with E-state index in [1.165, 1.54) is 12.7 Å². The van der Waals surface area contributed by atoms with E-state index < -0.39 is 0 Å². The molecular weight excluding hydrogens is 352 g/mol. The molecule has 144 valence electrons. The van der Waals surface area contributed by atoms with Gasteiger partial charge in [-0.25, -0.2) is 9.78 Å². The molecule has 0 atom stereocenters. The van der Waals surface area contributed by atoms with Gasteiger partial charge in [-0.05, 0) is 53.4 Å². The van der Waals surface area contributed by atoms with Crippen molar-refractivity contribution in [1.82, 2.24) is 9.97 Å². The number of carbonyl (C=O) groups is 1. The monoisotopic (exact) mass is 376 g/mol. The summed E-state index contributed by atoms with van der Waals surface area (Å²) in [5.74, 6) is 0.779. The van der Waals surface area contributed by atoms with Crippen LogP contribution in [-0.4, -0.2) is 23.0 Å². The fourth-order valence-corrected chi connectivity index (χ4v) is 2.63. The maximum Gasteiger partial charge on any atom is 0.337 e. The third kappa shape index (κ3) is 4.85. The molecule has 0 unspecified atom stereocenters. The zero-order chi connectivity index (χ0) is 20.1. The van der Waals surface area contributed by atoms with Crippen LogP contribution >= 0.6 is 0 Å². The summed E-state index contributed by atoms with van der Waals surface area (Å²) in [7, 11) is 1.36. The summed E-state index contributed by atoms with van der Waals surface area (Å²) in [6.07, 6.45) is 1.68. The van der Waals surface area contributed by atoms with Crippen LogP contribution in [0.15, 0.2) is 60.8 Å². The maximum absolute atomic E-state index is 11.5. The lowest BCUT2D eigenvalue weighted by molar-refractivity contribution is 0.0601. The van der Waals surface area contributed by atoms with Gasteiger partial charge in [-0.1, -0.05) is 32.9 Å². The van der Waals surface area contributed by atoms with Crippen LogP contribution in [0.1, 0.15) is 36.7 Å². The summed E-state index contributed by atoms with van der Waals surface area (Å²) >= 11 is 0. The number of aromatic nitrogens is 2. The van der Waals surface area contributed by atoms with Gasteiger partial charge in [0, 0.05) is 17.6 Å². The van der Waals surface area contributed by atoms with Gasteiger partial charge >= 0.3 is 5.97 Å². The van der Waals surface area contributed by atoms with E-state index in [2.05, 4.69) is 53.5 Å². The quantitative estimate of drug-likeness (QED) is 0.607. The van der Waals surface area contributed by atoms with Crippen molar-refractivity contribution in [2.45, 2.75) is 26.2 Å². The second-order valence-electron chi connectivity index (χ2n) is 7.41. The van der Waals surface area contributed by atoms with E-state index >= 15 is 0 Å². The molecule has 0 aliphatic heterocycles.